The standard InChI is InChI=1S/C17H20ClN3O3/c1-11(22)9-17(2,3)20-15(23)6-7-21-10-19-14-5-4-12(18)8-13(14)16(21)24/h4-5,8,10H,6-7,9H2,1-3H3,(H,20,23). The zero-order chi connectivity index (χ0) is 17.9. The van der Waals surface area contributed by atoms with E-state index in [0.717, 1.165) is 0 Å². The molecule has 0 spiro atoms. The lowest BCUT2D eigenvalue weighted by atomic mass is 9.98. The molecule has 24 heavy (non-hydrogen) atoms. The number of rotatable bonds is 6. The Kier molecular flexibility index (Phi) is 5.39. The summed E-state index contributed by atoms with van der Waals surface area (Å²) in [5.41, 5.74) is -0.283. The summed E-state index contributed by atoms with van der Waals surface area (Å²) in [4.78, 5) is 39.9. The molecule has 0 aliphatic carbocycles. The Balaban J connectivity index is 2.08. The molecule has 0 aliphatic heterocycles. The lowest BCUT2D eigenvalue weighted by Gasteiger charge is -2.25. The van der Waals surface area contributed by atoms with Crippen LogP contribution in [0.15, 0.2) is 29.3 Å². The highest BCUT2D eigenvalue weighted by atomic mass is 35.5. The van der Waals surface area contributed by atoms with Gasteiger partial charge in [0.25, 0.3) is 5.56 Å². The molecule has 1 heterocycles. The third-order valence-electron chi connectivity index (χ3n) is 3.53. The number of hydrogen-bond acceptors (Lipinski definition) is 4. The molecule has 1 N–H and O–H groups in total. The monoisotopic (exact) mass is 349 g/mol. The number of benzene rings is 1. The molecule has 2 rings (SSSR count). The SMILES string of the molecule is CC(=O)CC(C)(C)NC(=O)CCn1cnc2ccc(Cl)cc2c1=O. The highest BCUT2D eigenvalue weighted by Gasteiger charge is 2.22. The second-order valence-corrected chi connectivity index (χ2v) is 6.90. The van der Waals surface area contributed by atoms with Crippen LogP contribution >= 0.6 is 11.6 Å². The molecule has 0 bridgehead atoms. The minimum Gasteiger partial charge on any atom is -0.351 e. The summed E-state index contributed by atoms with van der Waals surface area (Å²) in [5, 5.41) is 3.69. The molecule has 0 saturated heterocycles. The number of carbonyl (C=O) groups is 2. The van der Waals surface area contributed by atoms with Gasteiger partial charge in [0, 0.05) is 29.9 Å². The number of carbonyl (C=O) groups excluding carboxylic acids is 2. The highest BCUT2D eigenvalue weighted by molar-refractivity contribution is 6.31. The second-order valence-electron chi connectivity index (χ2n) is 6.47. The highest BCUT2D eigenvalue weighted by Crippen LogP contribution is 2.14. The largest absolute Gasteiger partial charge is 0.351 e. The molecule has 2 aromatic rings. The van der Waals surface area contributed by atoms with E-state index in [9.17, 15) is 14.4 Å². The van der Waals surface area contributed by atoms with Crippen molar-refractivity contribution in [1.82, 2.24) is 14.9 Å². The molecule has 0 fully saturated rings. The number of ketones is 1. The van der Waals surface area contributed by atoms with Gasteiger partial charge in [-0.1, -0.05) is 11.6 Å². The maximum atomic E-state index is 12.4. The molecule has 1 aromatic carbocycles. The average Bonchev–Trinajstić information content (AvgIpc) is 2.45. The number of nitrogens with one attached hydrogen (secondary N) is 1. The van der Waals surface area contributed by atoms with Crippen LogP contribution in [0.1, 0.15) is 33.6 Å². The molecule has 7 heteroatoms. The average molecular weight is 350 g/mol. The lowest BCUT2D eigenvalue weighted by molar-refractivity contribution is -0.123. The predicted octanol–water partition coefficient (Wildman–Crippen LogP) is 2.31. The van der Waals surface area contributed by atoms with Crippen molar-refractivity contribution >= 4 is 34.2 Å². The number of aromatic nitrogens is 2. The van der Waals surface area contributed by atoms with Crippen LogP contribution in [0.25, 0.3) is 10.9 Å². The molecule has 0 radical (unpaired) electrons. The second kappa shape index (κ2) is 7.13. The molecule has 0 aliphatic rings. The van der Waals surface area contributed by atoms with Crippen molar-refractivity contribution in [1.29, 1.82) is 0 Å². The van der Waals surface area contributed by atoms with Gasteiger partial charge >= 0.3 is 0 Å². The Morgan fingerprint density at radius 3 is 2.71 bits per heavy atom. The van der Waals surface area contributed by atoms with Crippen LogP contribution < -0.4 is 10.9 Å². The van der Waals surface area contributed by atoms with Crippen LogP contribution in [0.5, 0.6) is 0 Å². The van der Waals surface area contributed by atoms with E-state index in [4.69, 9.17) is 11.6 Å². The van der Waals surface area contributed by atoms with Crippen molar-refractivity contribution in [2.24, 2.45) is 0 Å². The maximum Gasteiger partial charge on any atom is 0.261 e. The normalized spacial score (nSPS) is 11.5. The number of Topliss-reactive ketones (excluding diaryl/α,β-unsaturated/α-hetero) is 1. The number of nitrogens with zero attached hydrogens (tertiary/aromatic N) is 2. The van der Waals surface area contributed by atoms with Gasteiger partial charge in [-0.15, -0.1) is 0 Å². The Hall–Kier alpha value is -2.21. The smallest absolute Gasteiger partial charge is 0.261 e. The van der Waals surface area contributed by atoms with Gasteiger partial charge in [-0.3, -0.25) is 19.0 Å². The summed E-state index contributed by atoms with van der Waals surface area (Å²) < 4.78 is 1.39. The van der Waals surface area contributed by atoms with Crippen molar-refractivity contribution in [3.05, 3.63) is 39.9 Å². The lowest BCUT2D eigenvalue weighted by Crippen LogP contribution is -2.45. The summed E-state index contributed by atoms with van der Waals surface area (Å²) in [7, 11) is 0. The quantitative estimate of drug-likeness (QED) is 0.867. The minimum atomic E-state index is -0.608. The zero-order valence-electron chi connectivity index (χ0n) is 13.9. The van der Waals surface area contributed by atoms with Gasteiger partial charge in [0.15, 0.2) is 0 Å². The van der Waals surface area contributed by atoms with Gasteiger partial charge in [0.05, 0.1) is 17.2 Å². The van der Waals surface area contributed by atoms with Crippen molar-refractivity contribution in [2.45, 2.75) is 45.7 Å². The van der Waals surface area contributed by atoms with Crippen molar-refractivity contribution in [2.75, 3.05) is 0 Å². The summed E-state index contributed by atoms with van der Waals surface area (Å²) in [5.74, 6) is -0.216. The number of halogens is 1. The summed E-state index contributed by atoms with van der Waals surface area (Å²) in [6.07, 6.45) is 1.80. The van der Waals surface area contributed by atoms with E-state index in [1.807, 2.05) is 0 Å². The van der Waals surface area contributed by atoms with E-state index in [1.54, 1.807) is 32.0 Å². The molecule has 128 valence electrons. The first-order valence-corrected chi connectivity index (χ1v) is 8.01. The van der Waals surface area contributed by atoms with E-state index in [2.05, 4.69) is 10.3 Å². The first-order valence-electron chi connectivity index (χ1n) is 7.63. The fraction of sp³-hybridized carbons (Fsp3) is 0.412. The molecule has 0 saturated carbocycles. The Morgan fingerprint density at radius 2 is 2.04 bits per heavy atom. The molecule has 0 atom stereocenters. The van der Waals surface area contributed by atoms with Crippen LogP contribution in [0.2, 0.25) is 5.02 Å². The first kappa shape index (κ1) is 18.1. The fourth-order valence-electron chi connectivity index (χ4n) is 2.62. The Bertz CT molecular complexity index is 843. The molecule has 0 unspecified atom stereocenters. The predicted molar refractivity (Wildman–Crippen MR) is 93.1 cm³/mol. The van der Waals surface area contributed by atoms with Crippen LogP contribution in [0.3, 0.4) is 0 Å². The van der Waals surface area contributed by atoms with Gasteiger partial charge in [-0.25, -0.2) is 4.98 Å². The molecule has 6 nitrogen and oxygen atoms in total. The third-order valence-corrected chi connectivity index (χ3v) is 3.77. The van der Waals surface area contributed by atoms with Gasteiger partial charge in [0.1, 0.15) is 5.78 Å². The van der Waals surface area contributed by atoms with Gasteiger partial charge in [0.2, 0.25) is 5.91 Å². The number of hydrogen-bond donors (Lipinski definition) is 1. The molecule has 1 amide bonds. The van der Waals surface area contributed by atoms with Gasteiger partial charge in [-0.05, 0) is 39.0 Å². The van der Waals surface area contributed by atoms with E-state index in [1.165, 1.54) is 17.8 Å². The maximum absolute atomic E-state index is 12.4. The first-order chi connectivity index (χ1) is 11.2. The Labute approximate surface area is 144 Å². The van der Waals surface area contributed by atoms with Crippen molar-refractivity contribution in [3.8, 4) is 0 Å². The summed E-state index contributed by atoms with van der Waals surface area (Å²) in [6.45, 7) is 5.27. The fourth-order valence-corrected chi connectivity index (χ4v) is 2.79. The summed E-state index contributed by atoms with van der Waals surface area (Å²) in [6, 6.07) is 4.92. The van der Waals surface area contributed by atoms with E-state index in [0.29, 0.717) is 15.9 Å². The van der Waals surface area contributed by atoms with Crippen LogP contribution in [-0.4, -0.2) is 26.8 Å². The molecular formula is C17H20ClN3O3. The number of amides is 1. The third kappa shape index (κ3) is 4.64. The van der Waals surface area contributed by atoms with Crippen LogP contribution in [0, 0.1) is 0 Å². The number of aryl methyl sites for hydroxylation is 1. The van der Waals surface area contributed by atoms with Crippen molar-refractivity contribution < 1.29 is 9.59 Å². The van der Waals surface area contributed by atoms with Crippen LogP contribution in [0.4, 0.5) is 0 Å². The van der Waals surface area contributed by atoms with E-state index < -0.39 is 5.54 Å². The van der Waals surface area contributed by atoms with E-state index in [-0.39, 0.29) is 36.6 Å². The van der Waals surface area contributed by atoms with E-state index >= 15 is 0 Å². The summed E-state index contributed by atoms with van der Waals surface area (Å²) >= 11 is 5.92. The molecular weight excluding hydrogens is 330 g/mol. The van der Waals surface area contributed by atoms with Gasteiger partial charge in [-0.2, -0.15) is 0 Å². The topological polar surface area (TPSA) is 81.1 Å². The molecule has 1 aromatic heterocycles. The number of fused-ring (bicyclic) bond motifs is 1. The van der Waals surface area contributed by atoms with Gasteiger partial charge < -0.3 is 5.32 Å². The Morgan fingerprint density at radius 1 is 1.33 bits per heavy atom. The minimum absolute atomic E-state index is 0.00660. The van der Waals surface area contributed by atoms with Crippen LogP contribution in [-0.2, 0) is 16.1 Å². The van der Waals surface area contributed by atoms with Crippen molar-refractivity contribution in [3.63, 3.8) is 0 Å². The zero-order valence-corrected chi connectivity index (χ0v) is 14.7.